The molecule has 0 bridgehead atoms. The molecular formula is C16H27N3. The van der Waals surface area contributed by atoms with Gasteiger partial charge in [-0.2, -0.15) is 0 Å². The van der Waals surface area contributed by atoms with Crippen molar-refractivity contribution in [3.8, 4) is 0 Å². The van der Waals surface area contributed by atoms with Gasteiger partial charge in [0.2, 0.25) is 0 Å². The van der Waals surface area contributed by atoms with Gasteiger partial charge in [0.25, 0.3) is 0 Å². The molecule has 1 aromatic carbocycles. The minimum atomic E-state index is 0.288. The SMILES string of the molecule is CCC(N)Cc1ccc(N2CCC(N(C)C)C2)cc1. The second kappa shape index (κ2) is 6.40. The maximum Gasteiger partial charge on any atom is 0.0366 e. The molecule has 1 aromatic rings. The van der Waals surface area contributed by atoms with E-state index in [4.69, 9.17) is 5.73 Å². The molecule has 1 fully saturated rings. The zero-order valence-corrected chi connectivity index (χ0v) is 12.5. The van der Waals surface area contributed by atoms with Crippen molar-refractivity contribution >= 4 is 5.69 Å². The van der Waals surface area contributed by atoms with Crippen molar-refractivity contribution in [1.82, 2.24) is 4.90 Å². The predicted molar refractivity (Wildman–Crippen MR) is 82.7 cm³/mol. The van der Waals surface area contributed by atoms with Gasteiger partial charge in [0.05, 0.1) is 0 Å². The smallest absolute Gasteiger partial charge is 0.0366 e. The Bertz CT molecular complexity index is 385. The summed E-state index contributed by atoms with van der Waals surface area (Å²) >= 11 is 0. The summed E-state index contributed by atoms with van der Waals surface area (Å²) in [6.07, 6.45) is 3.28. The van der Waals surface area contributed by atoms with E-state index < -0.39 is 0 Å². The van der Waals surface area contributed by atoms with E-state index in [-0.39, 0.29) is 6.04 Å². The lowest BCUT2D eigenvalue weighted by Crippen LogP contribution is -2.31. The van der Waals surface area contributed by atoms with Crippen LogP contribution in [0.5, 0.6) is 0 Å². The quantitative estimate of drug-likeness (QED) is 0.881. The van der Waals surface area contributed by atoms with Gasteiger partial charge in [-0.1, -0.05) is 19.1 Å². The highest BCUT2D eigenvalue weighted by atomic mass is 15.2. The number of nitrogens with two attached hydrogens (primary N) is 1. The summed E-state index contributed by atoms with van der Waals surface area (Å²) in [6.45, 7) is 4.45. The molecule has 0 amide bonds. The standard InChI is InChI=1S/C16H27N3/c1-4-14(17)11-13-5-7-15(8-6-13)19-10-9-16(12-19)18(2)3/h5-8,14,16H,4,9-12,17H2,1-3H3. The summed E-state index contributed by atoms with van der Waals surface area (Å²) in [4.78, 5) is 4.81. The molecule has 2 unspecified atom stereocenters. The highest BCUT2D eigenvalue weighted by Crippen LogP contribution is 2.22. The highest BCUT2D eigenvalue weighted by Gasteiger charge is 2.23. The molecule has 0 saturated carbocycles. The molecule has 0 spiro atoms. The van der Waals surface area contributed by atoms with Gasteiger partial charge < -0.3 is 15.5 Å². The van der Waals surface area contributed by atoms with E-state index in [2.05, 4.69) is 55.1 Å². The van der Waals surface area contributed by atoms with E-state index in [1.807, 2.05) is 0 Å². The van der Waals surface area contributed by atoms with Crippen LogP contribution in [0.1, 0.15) is 25.3 Å². The number of hydrogen-bond acceptors (Lipinski definition) is 3. The zero-order chi connectivity index (χ0) is 13.8. The van der Waals surface area contributed by atoms with Crippen LogP contribution in [-0.2, 0) is 6.42 Å². The largest absolute Gasteiger partial charge is 0.370 e. The Labute approximate surface area is 117 Å². The van der Waals surface area contributed by atoms with Crippen molar-refractivity contribution in [2.75, 3.05) is 32.1 Å². The van der Waals surface area contributed by atoms with Gasteiger partial charge in [0.1, 0.15) is 0 Å². The molecule has 106 valence electrons. The molecule has 1 aliphatic heterocycles. The van der Waals surface area contributed by atoms with Crippen molar-refractivity contribution < 1.29 is 0 Å². The second-order valence-electron chi connectivity index (χ2n) is 5.89. The van der Waals surface area contributed by atoms with Crippen LogP contribution in [0.2, 0.25) is 0 Å². The van der Waals surface area contributed by atoms with E-state index >= 15 is 0 Å². The number of benzene rings is 1. The molecule has 0 radical (unpaired) electrons. The van der Waals surface area contributed by atoms with Crippen molar-refractivity contribution in [2.45, 2.75) is 38.3 Å². The molecule has 2 atom stereocenters. The lowest BCUT2D eigenvalue weighted by atomic mass is 10.0. The molecule has 0 aromatic heterocycles. The third kappa shape index (κ3) is 3.71. The van der Waals surface area contributed by atoms with Crippen LogP contribution in [0.3, 0.4) is 0 Å². The minimum absolute atomic E-state index is 0.288. The Kier molecular flexibility index (Phi) is 4.83. The maximum atomic E-state index is 6.00. The lowest BCUT2D eigenvalue weighted by Gasteiger charge is -2.22. The average Bonchev–Trinajstić information content (AvgIpc) is 2.89. The number of likely N-dealkylation sites (N-methyl/N-ethyl adjacent to an activating group) is 1. The van der Waals surface area contributed by atoms with Crippen LogP contribution < -0.4 is 10.6 Å². The normalized spacial score (nSPS) is 21.1. The topological polar surface area (TPSA) is 32.5 Å². The molecule has 3 nitrogen and oxygen atoms in total. The summed E-state index contributed by atoms with van der Waals surface area (Å²) < 4.78 is 0. The Morgan fingerprint density at radius 1 is 1.32 bits per heavy atom. The summed E-state index contributed by atoms with van der Waals surface area (Å²) in [5, 5.41) is 0. The van der Waals surface area contributed by atoms with Gasteiger partial charge in [-0.15, -0.1) is 0 Å². The third-order valence-corrected chi connectivity index (χ3v) is 4.22. The molecule has 1 heterocycles. The van der Waals surface area contributed by atoms with Gasteiger partial charge >= 0.3 is 0 Å². The molecule has 2 rings (SSSR count). The van der Waals surface area contributed by atoms with Gasteiger partial charge in [0, 0.05) is 30.9 Å². The zero-order valence-electron chi connectivity index (χ0n) is 12.5. The Balaban J connectivity index is 1.95. The Hall–Kier alpha value is -1.06. The summed E-state index contributed by atoms with van der Waals surface area (Å²) in [5.74, 6) is 0. The van der Waals surface area contributed by atoms with E-state index in [1.54, 1.807) is 0 Å². The minimum Gasteiger partial charge on any atom is -0.370 e. The van der Waals surface area contributed by atoms with Gasteiger partial charge in [-0.25, -0.2) is 0 Å². The molecule has 0 aliphatic carbocycles. The van der Waals surface area contributed by atoms with Crippen LogP contribution in [0, 0.1) is 0 Å². The average molecular weight is 261 g/mol. The van der Waals surface area contributed by atoms with Crippen LogP contribution in [-0.4, -0.2) is 44.2 Å². The van der Waals surface area contributed by atoms with E-state index in [9.17, 15) is 0 Å². The van der Waals surface area contributed by atoms with Crippen molar-refractivity contribution in [1.29, 1.82) is 0 Å². The van der Waals surface area contributed by atoms with Gasteiger partial charge in [0.15, 0.2) is 0 Å². The Morgan fingerprint density at radius 2 is 2.00 bits per heavy atom. The number of nitrogens with zero attached hydrogens (tertiary/aromatic N) is 2. The van der Waals surface area contributed by atoms with Crippen molar-refractivity contribution in [3.63, 3.8) is 0 Å². The van der Waals surface area contributed by atoms with E-state index in [1.165, 1.54) is 17.7 Å². The Morgan fingerprint density at radius 3 is 2.53 bits per heavy atom. The number of anilines is 1. The fourth-order valence-electron chi connectivity index (χ4n) is 2.69. The monoisotopic (exact) mass is 261 g/mol. The first kappa shape index (κ1) is 14.4. The molecule has 3 heteroatoms. The fraction of sp³-hybridized carbons (Fsp3) is 0.625. The van der Waals surface area contributed by atoms with Gasteiger partial charge in [-0.3, -0.25) is 0 Å². The number of rotatable bonds is 5. The summed E-state index contributed by atoms with van der Waals surface area (Å²) in [6, 6.07) is 9.93. The first-order valence-corrected chi connectivity index (χ1v) is 7.36. The summed E-state index contributed by atoms with van der Waals surface area (Å²) in [5.41, 5.74) is 8.69. The molecule has 1 saturated heterocycles. The maximum absolute atomic E-state index is 6.00. The molecule has 1 aliphatic rings. The number of hydrogen-bond donors (Lipinski definition) is 1. The molecule has 19 heavy (non-hydrogen) atoms. The van der Waals surface area contributed by atoms with Gasteiger partial charge in [-0.05, 0) is 51.1 Å². The van der Waals surface area contributed by atoms with Crippen LogP contribution in [0.4, 0.5) is 5.69 Å². The first-order chi connectivity index (χ1) is 9.10. The fourth-order valence-corrected chi connectivity index (χ4v) is 2.69. The molecular weight excluding hydrogens is 234 g/mol. The van der Waals surface area contributed by atoms with Crippen LogP contribution in [0.25, 0.3) is 0 Å². The third-order valence-electron chi connectivity index (χ3n) is 4.22. The lowest BCUT2D eigenvalue weighted by molar-refractivity contribution is 0.315. The molecule has 2 N–H and O–H groups in total. The predicted octanol–water partition coefficient (Wildman–Crippen LogP) is 2.11. The second-order valence-corrected chi connectivity index (χ2v) is 5.89. The van der Waals surface area contributed by atoms with E-state index in [0.717, 1.165) is 25.9 Å². The van der Waals surface area contributed by atoms with Crippen molar-refractivity contribution in [2.24, 2.45) is 5.73 Å². The van der Waals surface area contributed by atoms with E-state index in [0.29, 0.717) is 6.04 Å². The van der Waals surface area contributed by atoms with Crippen LogP contribution >= 0.6 is 0 Å². The van der Waals surface area contributed by atoms with Crippen LogP contribution in [0.15, 0.2) is 24.3 Å². The highest BCUT2D eigenvalue weighted by molar-refractivity contribution is 5.49. The summed E-state index contributed by atoms with van der Waals surface area (Å²) in [7, 11) is 4.34. The first-order valence-electron chi connectivity index (χ1n) is 7.36. The van der Waals surface area contributed by atoms with Crippen molar-refractivity contribution in [3.05, 3.63) is 29.8 Å².